The van der Waals surface area contributed by atoms with Crippen LogP contribution in [0.3, 0.4) is 0 Å². The Labute approximate surface area is 149 Å². The number of rotatable bonds is 2. The number of phenols is 1. The minimum Gasteiger partial charge on any atom is -0.507 e. The van der Waals surface area contributed by atoms with Crippen molar-refractivity contribution in [1.82, 2.24) is 4.98 Å². The van der Waals surface area contributed by atoms with Gasteiger partial charge in [-0.05, 0) is 36.4 Å². The number of aromatic nitrogens is 1. The Hall–Kier alpha value is -2.99. The van der Waals surface area contributed by atoms with Crippen LogP contribution in [0.5, 0.6) is 5.75 Å². The van der Waals surface area contributed by atoms with E-state index in [0.717, 1.165) is 0 Å². The summed E-state index contributed by atoms with van der Waals surface area (Å²) in [6.45, 7) is 0. The highest BCUT2D eigenvalue weighted by Gasteiger charge is 2.17. The van der Waals surface area contributed by atoms with Gasteiger partial charge in [0.15, 0.2) is 5.78 Å². The number of hydrogen-bond acceptors (Lipinski definition) is 5. The molecule has 122 valence electrons. The normalized spacial score (nSPS) is 11.1. The van der Waals surface area contributed by atoms with E-state index in [2.05, 4.69) is 20.9 Å². The first-order valence-corrected chi connectivity index (χ1v) is 8.19. The highest BCUT2D eigenvalue weighted by Crippen LogP contribution is 2.26. The summed E-state index contributed by atoms with van der Waals surface area (Å²) >= 11 is 3.27. The zero-order valence-electron chi connectivity index (χ0n) is 12.7. The molecule has 0 aliphatic heterocycles. The number of aromatic hydroxyl groups is 1. The van der Waals surface area contributed by atoms with Crippen molar-refractivity contribution in [1.29, 1.82) is 0 Å². The molecule has 2 heterocycles. The van der Waals surface area contributed by atoms with Gasteiger partial charge in [0.05, 0.1) is 16.5 Å². The molecule has 1 N–H and O–H groups in total. The minimum absolute atomic E-state index is 0.126. The average Bonchev–Trinajstić information content (AvgIpc) is 2.63. The molecule has 0 saturated heterocycles. The van der Waals surface area contributed by atoms with Crippen molar-refractivity contribution in [2.24, 2.45) is 0 Å². The lowest BCUT2D eigenvalue weighted by atomic mass is 10.0. The van der Waals surface area contributed by atoms with E-state index in [1.54, 1.807) is 24.3 Å². The number of pyridine rings is 1. The molecule has 0 radical (unpaired) electrons. The van der Waals surface area contributed by atoms with E-state index in [1.807, 2.05) is 6.07 Å². The Bertz CT molecular complexity index is 1210. The van der Waals surface area contributed by atoms with Crippen molar-refractivity contribution in [3.63, 3.8) is 0 Å². The molecule has 0 bridgehead atoms. The van der Waals surface area contributed by atoms with Crippen molar-refractivity contribution < 1.29 is 14.3 Å². The fraction of sp³-hybridized carbons (Fsp3) is 0. The molecule has 2 aromatic heterocycles. The number of nitrogens with zero attached hydrogens (tertiary/aromatic N) is 1. The van der Waals surface area contributed by atoms with Crippen LogP contribution >= 0.6 is 15.9 Å². The maximum absolute atomic E-state index is 12.7. The fourth-order valence-corrected chi connectivity index (χ4v) is 3.07. The van der Waals surface area contributed by atoms with Crippen molar-refractivity contribution in [2.75, 3.05) is 0 Å². The van der Waals surface area contributed by atoms with Gasteiger partial charge in [-0.1, -0.05) is 28.1 Å². The molecule has 0 atom stereocenters. The Balaban J connectivity index is 1.94. The lowest BCUT2D eigenvalue weighted by Crippen LogP contribution is -2.06. The molecule has 0 unspecified atom stereocenters. The number of hydrogen-bond donors (Lipinski definition) is 1. The van der Waals surface area contributed by atoms with Gasteiger partial charge < -0.3 is 9.52 Å². The largest absolute Gasteiger partial charge is 0.507 e. The molecule has 0 amide bonds. The summed E-state index contributed by atoms with van der Waals surface area (Å²) in [5.41, 5.74) is 0.677. The SMILES string of the molecule is O=C(c1cnc2c(c1)c(=O)oc1ccccc12)c1cc(Br)ccc1O. The van der Waals surface area contributed by atoms with E-state index < -0.39 is 11.4 Å². The molecule has 6 heteroatoms. The van der Waals surface area contributed by atoms with Crippen LogP contribution in [0.2, 0.25) is 0 Å². The number of fused-ring (bicyclic) bond motifs is 3. The Kier molecular flexibility index (Phi) is 3.62. The first-order valence-electron chi connectivity index (χ1n) is 7.39. The number of ketones is 1. The molecule has 25 heavy (non-hydrogen) atoms. The lowest BCUT2D eigenvalue weighted by Gasteiger charge is -2.06. The summed E-state index contributed by atoms with van der Waals surface area (Å²) in [5.74, 6) is -0.570. The van der Waals surface area contributed by atoms with Gasteiger partial charge in [0, 0.05) is 21.6 Å². The molecule has 4 rings (SSSR count). The number of carbonyl (C=O) groups excluding carboxylic acids is 1. The van der Waals surface area contributed by atoms with Crippen molar-refractivity contribution in [3.8, 4) is 5.75 Å². The zero-order chi connectivity index (χ0) is 17.6. The Morgan fingerprint density at radius 1 is 1.08 bits per heavy atom. The zero-order valence-corrected chi connectivity index (χ0v) is 14.3. The third-order valence-electron chi connectivity index (χ3n) is 3.92. The standard InChI is InChI=1S/C19H10BrNO4/c20-11-5-6-15(22)13(8-11)18(23)10-7-14-17(21-9-10)12-3-1-2-4-16(12)25-19(14)24/h1-9,22H. The lowest BCUT2D eigenvalue weighted by molar-refractivity contribution is 0.103. The van der Waals surface area contributed by atoms with E-state index in [9.17, 15) is 14.7 Å². The van der Waals surface area contributed by atoms with Crippen LogP contribution in [0.1, 0.15) is 15.9 Å². The Morgan fingerprint density at radius 3 is 2.72 bits per heavy atom. The monoisotopic (exact) mass is 395 g/mol. The second kappa shape index (κ2) is 5.82. The van der Waals surface area contributed by atoms with Crippen LogP contribution < -0.4 is 5.63 Å². The summed E-state index contributed by atoms with van der Waals surface area (Å²) in [4.78, 5) is 29.2. The topological polar surface area (TPSA) is 80.4 Å². The fourth-order valence-electron chi connectivity index (χ4n) is 2.71. The molecule has 5 nitrogen and oxygen atoms in total. The van der Waals surface area contributed by atoms with Crippen molar-refractivity contribution in [2.45, 2.75) is 0 Å². The number of carbonyl (C=O) groups is 1. The molecule has 0 saturated carbocycles. The summed E-state index contributed by atoms with van der Waals surface area (Å²) < 4.78 is 5.95. The van der Waals surface area contributed by atoms with Gasteiger partial charge in [0.1, 0.15) is 11.3 Å². The average molecular weight is 396 g/mol. The van der Waals surface area contributed by atoms with E-state index >= 15 is 0 Å². The van der Waals surface area contributed by atoms with E-state index in [0.29, 0.717) is 21.0 Å². The van der Waals surface area contributed by atoms with Crippen LogP contribution in [0.25, 0.3) is 21.9 Å². The number of halogens is 1. The van der Waals surface area contributed by atoms with Gasteiger partial charge in [-0.2, -0.15) is 0 Å². The first-order chi connectivity index (χ1) is 12.0. The van der Waals surface area contributed by atoms with Crippen molar-refractivity contribution >= 4 is 43.6 Å². The van der Waals surface area contributed by atoms with Gasteiger partial charge >= 0.3 is 5.63 Å². The maximum atomic E-state index is 12.7. The van der Waals surface area contributed by atoms with Crippen LogP contribution in [0, 0.1) is 0 Å². The maximum Gasteiger partial charge on any atom is 0.345 e. The van der Waals surface area contributed by atoms with E-state index in [1.165, 1.54) is 24.4 Å². The molecular weight excluding hydrogens is 386 g/mol. The third-order valence-corrected chi connectivity index (χ3v) is 4.41. The number of phenolic OH excluding ortho intramolecular Hbond substituents is 1. The number of benzene rings is 2. The van der Waals surface area contributed by atoms with Gasteiger partial charge in [0.25, 0.3) is 0 Å². The first kappa shape index (κ1) is 15.5. The van der Waals surface area contributed by atoms with Crippen molar-refractivity contribution in [3.05, 3.63) is 80.7 Å². The molecule has 4 aromatic rings. The molecule has 2 aromatic carbocycles. The minimum atomic E-state index is -0.561. The molecule has 0 aliphatic rings. The van der Waals surface area contributed by atoms with Gasteiger partial charge in [-0.15, -0.1) is 0 Å². The van der Waals surface area contributed by atoms with Gasteiger partial charge in [-0.3, -0.25) is 9.78 Å². The van der Waals surface area contributed by atoms with Crippen LogP contribution in [0.15, 0.2) is 68.4 Å². The summed E-state index contributed by atoms with van der Waals surface area (Å²) in [7, 11) is 0. The highest BCUT2D eigenvalue weighted by atomic mass is 79.9. The van der Waals surface area contributed by atoms with E-state index in [-0.39, 0.29) is 22.3 Å². The van der Waals surface area contributed by atoms with Crippen LogP contribution in [-0.4, -0.2) is 15.9 Å². The third kappa shape index (κ3) is 2.60. The van der Waals surface area contributed by atoms with Gasteiger partial charge in [0.2, 0.25) is 0 Å². The smallest absolute Gasteiger partial charge is 0.345 e. The molecular formula is C19H10BrNO4. The van der Waals surface area contributed by atoms with E-state index in [4.69, 9.17) is 4.42 Å². The summed E-state index contributed by atoms with van der Waals surface area (Å²) in [5, 5.41) is 10.9. The number of para-hydroxylation sites is 1. The molecule has 0 aliphatic carbocycles. The van der Waals surface area contributed by atoms with Crippen LogP contribution in [-0.2, 0) is 0 Å². The predicted octanol–water partition coefficient (Wildman–Crippen LogP) is 4.04. The summed E-state index contributed by atoms with van der Waals surface area (Å²) in [6, 6.07) is 13.1. The van der Waals surface area contributed by atoms with Crippen LogP contribution in [0.4, 0.5) is 0 Å². The second-order valence-electron chi connectivity index (χ2n) is 5.50. The molecule has 0 spiro atoms. The molecule has 0 fully saturated rings. The predicted molar refractivity (Wildman–Crippen MR) is 97.0 cm³/mol. The Morgan fingerprint density at radius 2 is 1.88 bits per heavy atom. The van der Waals surface area contributed by atoms with Gasteiger partial charge in [-0.25, -0.2) is 4.79 Å². The highest BCUT2D eigenvalue weighted by molar-refractivity contribution is 9.10. The quantitative estimate of drug-likeness (QED) is 0.314. The summed E-state index contributed by atoms with van der Waals surface area (Å²) in [6.07, 6.45) is 1.40. The second-order valence-corrected chi connectivity index (χ2v) is 6.41.